The number of hydrogen-bond donors (Lipinski definition) is 1. The lowest BCUT2D eigenvalue weighted by Gasteiger charge is -2.14. The minimum atomic E-state index is -0.674. The molecule has 1 nitrogen and oxygen atoms in total. The van der Waals surface area contributed by atoms with E-state index in [2.05, 4.69) is 0 Å². The number of alkyl halides is 1. The molecule has 0 fully saturated rings. The van der Waals surface area contributed by atoms with Crippen LogP contribution in [0.15, 0.2) is 12.1 Å². The van der Waals surface area contributed by atoms with Crippen molar-refractivity contribution in [3.8, 4) is 0 Å². The summed E-state index contributed by atoms with van der Waals surface area (Å²) < 4.78 is 25.4. The van der Waals surface area contributed by atoms with Crippen LogP contribution in [0.4, 0.5) is 8.78 Å². The molecule has 0 aliphatic heterocycles. The van der Waals surface area contributed by atoms with Crippen LogP contribution < -0.4 is 5.73 Å². The maximum Gasteiger partial charge on any atom is 0.129 e. The van der Waals surface area contributed by atoms with Crippen LogP contribution in [0, 0.1) is 12.7 Å². The molecule has 0 radical (unpaired) electrons. The first-order valence-corrected chi connectivity index (χ1v) is 4.71. The monoisotopic (exact) mass is 219 g/mol. The van der Waals surface area contributed by atoms with Gasteiger partial charge in [-0.3, -0.25) is 4.39 Å². The summed E-state index contributed by atoms with van der Waals surface area (Å²) in [4.78, 5) is 0. The Kier molecular flexibility index (Phi) is 3.84. The van der Waals surface area contributed by atoms with Crippen molar-refractivity contribution in [2.75, 3.05) is 6.67 Å². The standard InChI is InChI=1S/C10H12ClF2N/c1-6-2-3-7(13)9(10(6)11)8(14)4-5-12/h2-3,8H,4-5,14H2,1H3/t8-/m1/s1. The van der Waals surface area contributed by atoms with Gasteiger partial charge in [-0.2, -0.15) is 0 Å². The van der Waals surface area contributed by atoms with E-state index in [0.29, 0.717) is 5.02 Å². The minimum Gasteiger partial charge on any atom is -0.324 e. The Bertz CT molecular complexity index is 328. The first-order chi connectivity index (χ1) is 6.57. The molecule has 0 amide bonds. The van der Waals surface area contributed by atoms with Gasteiger partial charge >= 0.3 is 0 Å². The first kappa shape index (κ1) is 11.4. The molecule has 0 unspecified atom stereocenters. The summed E-state index contributed by atoms with van der Waals surface area (Å²) >= 11 is 5.89. The van der Waals surface area contributed by atoms with E-state index in [0.717, 1.165) is 5.56 Å². The third-order valence-corrected chi connectivity index (χ3v) is 2.61. The predicted molar refractivity (Wildman–Crippen MR) is 53.7 cm³/mol. The number of hydrogen-bond acceptors (Lipinski definition) is 1. The summed E-state index contributed by atoms with van der Waals surface area (Å²) in [6.07, 6.45) is 0.0834. The molecule has 0 aliphatic carbocycles. The topological polar surface area (TPSA) is 26.0 Å². The van der Waals surface area contributed by atoms with Crippen LogP contribution in [0.1, 0.15) is 23.6 Å². The molecule has 1 aromatic rings. The average molecular weight is 220 g/mol. The molecule has 0 spiro atoms. The zero-order chi connectivity index (χ0) is 10.7. The van der Waals surface area contributed by atoms with E-state index in [1.165, 1.54) is 6.07 Å². The van der Waals surface area contributed by atoms with Gasteiger partial charge in [-0.25, -0.2) is 4.39 Å². The van der Waals surface area contributed by atoms with Crippen molar-refractivity contribution in [2.45, 2.75) is 19.4 Å². The highest BCUT2D eigenvalue weighted by atomic mass is 35.5. The molecule has 1 aromatic carbocycles. The minimum absolute atomic E-state index is 0.0834. The van der Waals surface area contributed by atoms with Gasteiger partial charge in [0, 0.05) is 11.6 Å². The third kappa shape index (κ3) is 2.22. The Morgan fingerprint density at radius 1 is 1.50 bits per heavy atom. The van der Waals surface area contributed by atoms with Gasteiger partial charge in [-0.1, -0.05) is 17.7 Å². The lowest BCUT2D eigenvalue weighted by molar-refractivity contribution is 0.435. The molecule has 1 atom stereocenters. The van der Waals surface area contributed by atoms with Gasteiger partial charge in [0.1, 0.15) is 5.82 Å². The number of benzene rings is 1. The van der Waals surface area contributed by atoms with Crippen LogP contribution in [-0.4, -0.2) is 6.67 Å². The van der Waals surface area contributed by atoms with Crippen LogP contribution in [-0.2, 0) is 0 Å². The second kappa shape index (κ2) is 4.71. The van der Waals surface area contributed by atoms with Gasteiger partial charge in [0.2, 0.25) is 0 Å². The molecule has 0 saturated carbocycles. The van der Waals surface area contributed by atoms with Gasteiger partial charge in [0.25, 0.3) is 0 Å². The van der Waals surface area contributed by atoms with Gasteiger partial charge < -0.3 is 5.73 Å². The Labute approximate surface area is 86.9 Å². The van der Waals surface area contributed by atoms with Gasteiger partial charge in [-0.15, -0.1) is 0 Å². The van der Waals surface area contributed by atoms with Crippen molar-refractivity contribution >= 4 is 11.6 Å². The highest BCUT2D eigenvalue weighted by Crippen LogP contribution is 2.29. The summed E-state index contributed by atoms with van der Waals surface area (Å²) in [7, 11) is 0. The SMILES string of the molecule is Cc1ccc(F)c([C@H](N)CCF)c1Cl. The molecule has 2 N–H and O–H groups in total. The van der Waals surface area contributed by atoms with E-state index >= 15 is 0 Å². The van der Waals surface area contributed by atoms with Crippen molar-refractivity contribution in [3.63, 3.8) is 0 Å². The molecular formula is C10H12ClF2N. The summed E-state index contributed by atoms with van der Waals surface area (Å²) in [5.41, 5.74) is 6.57. The molecule has 78 valence electrons. The fourth-order valence-corrected chi connectivity index (χ4v) is 1.57. The Morgan fingerprint density at radius 3 is 2.71 bits per heavy atom. The molecule has 0 aromatic heterocycles. The van der Waals surface area contributed by atoms with E-state index in [-0.39, 0.29) is 12.0 Å². The average Bonchev–Trinajstić information content (AvgIpc) is 2.13. The van der Waals surface area contributed by atoms with Crippen molar-refractivity contribution in [2.24, 2.45) is 5.73 Å². The number of rotatable bonds is 3. The molecule has 14 heavy (non-hydrogen) atoms. The normalized spacial score (nSPS) is 12.9. The van der Waals surface area contributed by atoms with E-state index in [4.69, 9.17) is 17.3 Å². The number of aryl methyl sites for hydroxylation is 1. The summed E-state index contributed by atoms with van der Waals surface area (Å²) in [6.45, 7) is 1.18. The Hall–Kier alpha value is -0.670. The summed E-state index contributed by atoms with van der Waals surface area (Å²) in [6, 6.07) is 2.20. The van der Waals surface area contributed by atoms with Crippen LogP contribution in [0.2, 0.25) is 5.02 Å². The second-order valence-electron chi connectivity index (χ2n) is 3.18. The first-order valence-electron chi connectivity index (χ1n) is 4.34. The van der Waals surface area contributed by atoms with E-state index in [1.807, 2.05) is 0 Å². The van der Waals surface area contributed by atoms with Crippen molar-refractivity contribution in [3.05, 3.63) is 34.1 Å². The van der Waals surface area contributed by atoms with Crippen LogP contribution in [0.5, 0.6) is 0 Å². The van der Waals surface area contributed by atoms with Crippen molar-refractivity contribution < 1.29 is 8.78 Å². The number of nitrogens with two attached hydrogens (primary N) is 1. The van der Waals surface area contributed by atoms with Crippen molar-refractivity contribution in [1.29, 1.82) is 0 Å². The largest absolute Gasteiger partial charge is 0.324 e. The second-order valence-corrected chi connectivity index (χ2v) is 3.55. The predicted octanol–water partition coefficient (Wildman–Crippen LogP) is 3.15. The van der Waals surface area contributed by atoms with E-state index < -0.39 is 18.5 Å². The van der Waals surface area contributed by atoms with Crippen molar-refractivity contribution in [1.82, 2.24) is 0 Å². The van der Waals surface area contributed by atoms with Crippen LogP contribution >= 0.6 is 11.6 Å². The smallest absolute Gasteiger partial charge is 0.129 e. The molecule has 0 aliphatic rings. The third-order valence-electron chi connectivity index (χ3n) is 2.11. The lowest BCUT2D eigenvalue weighted by atomic mass is 10.0. The summed E-state index contributed by atoms with van der Waals surface area (Å²) in [5, 5.41) is 0.297. The fraction of sp³-hybridized carbons (Fsp3) is 0.400. The molecule has 0 heterocycles. The Balaban J connectivity index is 3.11. The zero-order valence-corrected chi connectivity index (χ0v) is 8.61. The van der Waals surface area contributed by atoms with E-state index in [9.17, 15) is 8.78 Å². The zero-order valence-electron chi connectivity index (χ0n) is 7.86. The highest BCUT2D eigenvalue weighted by molar-refractivity contribution is 6.32. The van der Waals surface area contributed by atoms with Crippen LogP contribution in [0.25, 0.3) is 0 Å². The van der Waals surface area contributed by atoms with Crippen LogP contribution in [0.3, 0.4) is 0 Å². The molecule has 1 rings (SSSR count). The molecule has 0 bridgehead atoms. The maximum absolute atomic E-state index is 13.3. The molecular weight excluding hydrogens is 208 g/mol. The lowest BCUT2D eigenvalue weighted by Crippen LogP contribution is -2.14. The summed E-state index contributed by atoms with van der Waals surface area (Å²) in [5.74, 6) is -0.471. The number of halogens is 3. The molecule has 0 saturated heterocycles. The van der Waals surface area contributed by atoms with Gasteiger partial charge in [0.15, 0.2) is 0 Å². The van der Waals surface area contributed by atoms with E-state index in [1.54, 1.807) is 13.0 Å². The fourth-order valence-electron chi connectivity index (χ4n) is 1.28. The van der Waals surface area contributed by atoms with Gasteiger partial charge in [-0.05, 0) is 25.0 Å². The maximum atomic E-state index is 13.3. The Morgan fingerprint density at radius 2 is 2.14 bits per heavy atom. The highest BCUT2D eigenvalue weighted by Gasteiger charge is 2.16. The molecule has 4 heteroatoms. The van der Waals surface area contributed by atoms with Gasteiger partial charge in [0.05, 0.1) is 11.7 Å². The quantitative estimate of drug-likeness (QED) is 0.831.